The van der Waals surface area contributed by atoms with Gasteiger partial charge in [0.1, 0.15) is 24.5 Å². The van der Waals surface area contributed by atoms with Gasteiger partial charge >= 0.3 is 0 Å². The van der Waals surface area contributed by atoms with Crippen molar-refractivity contribution in [2.75, 3.05) is 46.5 Å². The molecule has 4 bridgehead atoms. The van der Waals surface area contributed by atoms with Crippen molar-refractivity contribution in [3.8, 4) is 28.4 Å². The first-order valence-corrected chi connectivity index (χ1v) is 16.2. The van der Waals surface area contributed by atoms with E-state index in [1.54, 1.807) is 19.5 Å². The summed E-state index contributed by atoms with van der Waals surface area (Å²) in [5, 5.41) is 7.33. The third kappa shape index (κ3) is 6.93. The van der Waals surface area contributed by atoms with Crippen LogP contribution in [-0.2, 0) is 24.3 Å². The molecule has 1 unspecified atom stereocenters. The number of fused-ring (bicyclic) bond motifs is 8. The number of ether oxygens (including phenoxy) is 3. The summed E-state index contributed by atoms with van der Waals surface area (Å²) in [6, 6.07) is 10.00. The van der Waals surface area contributed by atoms with Crippen LogP contribution in [0.15, 0.2) is 36.7 Å². The second-order valence-electron chi connectivity index (χ2n) is 12.4. The van der Waals surface area contributed by atoms with Crippen LogP contribution in [0.4, 0.5) is 0 Å². The van der Waals surface area contributed by atoms with Gasteiger partial charge in [-0.1, -0.05) is 0 Å². The minimum absolute atomic E-state index is 0.109. The standard InChI is InChI=1S/C34H44N6O5/c1-23(2)39-14-16-45-32-27(21-39)17-26-19-30(32)44-15-6-12-38(34(42)25-9-13-40-31(20-25)36-22-37-40)11-5-4-10-35-33(41)24-7-8-29(43-3)28(26)18-24/h7-8,17-19,22-23,25H,4-6,9-16,20-21H2,1-3H3,(H,35,41). The third-order valence-corrected chi connectivity index (χ3v) is 9.08. The molecule has 11 heteroatoms. The van der Waals surface area contributed by atoms with Crippen molar-refractivity contribution in [1.82, 2.24) is 29.9 Å². The summed E-state index contributed by atoms with van der Waals surface area (Å²) >= 11 is 0. The summed E-state index contributed by atoms with van der Waals surface area (Å²) in [7, 11) is 1.64. The zero-order valence-electron chi connectivity index (χ0n) is 26.6. The molecule has 1 aromatic heterocycles. The Balaban J connectivity index is 1.29. The summed E-state index contributed by atoms with van der Waals surface area (Å²) in [5.74, 6) is 2.88. The molecule has 0 radical (unpaired) electrons. The Morgan fingerprint density at radius 2 is 1.89 bits per heavy atom. The molecule has 1 N–H and O–H groups in total. The highest BCUT2D eigenvalue weighted by Gasteiger charge is 2.30. The van der Waals surface area contributed by atoms with Gasteiger partial charge in [0.2, 0.25) is 5.91 Å². The van der Waals surface area contributed by atoms with Gasteiger partial charge in [-0.15, -0.1) is 0 Å². The average Bonchev–Trinajstić information content (AvgIpc) is 3.41. The predicted octanol–water partition coefficient (Wildman–Crippen LogP) is 3.94. The van der Waals surface area contributed by atoms with Crippen LogP contribution in [0.5, 0.6) is 17.2 Å². The smallest absolute Gasteiger partial charge is 0.251 e. The number of aryl methyl sites for hydroxylation is 1. The fourth-order valence-electron chi connectivity index (χ4n) is 6.49. The average molecular weight is 617 g/mol. The molecule has 2 amide bonds. The number of hydrogen-bond acceptors (Lipinski definition) is 8. The molecule has 0 fully saturated rings. The summed E-state index contributed by atoms with van der Waals surface area (Å²) in [5.41, 5.74) is 3.32. The Labute approximate surface area is 264 Å². The van der Waals surface area contributed by atoms with Crippen LogP contribution in [0.3, 0.4) is 0 Å². The van der Waals surface area contributed by atoms with Crippen molar-refractivity contribution >= 4 is 11.8 Å². The van der Waals surface area contributed by atoms with Gasteiger partial charge < -0.3 is 24.4 Å². The predicted molar refractivity (Wildman–Crippen MR) is 170 cm³/mol. The van der Waals surface area contributed by atoms with Crippen molar-refractivity contribution in [1.29, 1.82) is 0 Å². The van der Waals surface area contributed by atoms with Gasteiger partial charge in [0, 0.05) is 74.3 Å². The minimum atomic E-state index is -0.136. The summed E-state index contributed by atoms with van der Waals surface area (Å²) < 4.78 is 20.4. The van der Waals surface area contributed by atoms with Gasteiger partial charge in [-0.05, 0) is 75.4 Å². The molecule has 3 aliphatic heterocycles. The van der Waals surface area contributed by atoms with E-state index in [0.717, 1.165) is 60.6 Å². The van der Waals surface area contributed by atoms with E-state index < -0.39 is 0 Å². The summed E-state index contributed by atoms with van der Waals surface area (Å²) in [6.45, 7) is 9.37. The Bertz CT molecular complexity index is 1520. The van der Waals surface area contributed by atoms with E-state index in [9.17, 15) is 9.59 Å². The molecule has 0 saturated heterocycles. The molecule has 4 heterocycles. The van der Waals surface area contributed by atoms with Crippen molar-refractivity contribution in [3.63, 3.8) is 0 Å². The number of carbonyl (C=O) groups is 2. The summed E-state index contributed by atoms with van der Waals surface area (Å²) in [6.07, 6.45) is 5.16. The first kappa shape index (κ1) is 30.9. The van der Waals surface area contributed by atoms with Crippen LogP contribution in [0.2, 0.25) is 0 Å². The number of hydrogen-bond donors (Lipinski definition) is 1. The Kier molecular flexibility index (Phi) is 9.53. The molecule has 3 aliphatic rings. The number of amides is 2. The van der Waals surface area contributed by atoms with Gasteiger partial charge in [0.05, 0.1) is 13.7 Å². The second-order valence-corrected chi connectivity index (χ2v) is 12.4. The van der Waals surface area contributed by atoms with Crippen molar-refractivity contribution in [2.45, 2.75) is 65.1 Å². The Hall–Kier alpha value is -4.12. The maximum Gasteiger partial charge on any atom is 0.251 e. The Morgan fingerprint density at radius 1 is 1.02 bits per heavy atom. The lowest BCUT2D eigenvalue weighted by molar-refractivity contribution is -0.136. The van der Waals surface area contributed by atoms with Gasteiger partial charge in [-0.3, -0.25) is 19.2 Å². The van der Waals surface area contributed by atoms with Gasteiger partial charge in [0.15, 0.2) is 11.5 Å². The zero-order chi connectivity index (χ0) is 31.3. The van der Waals surface area contributed by atoms with E-state index in [4.69, 9.17) is 14.2 Å². The highest BCUT2D eigenvalue weighted by molar-refractivity contribution is 5.96. The molecule has 240 valence electrons. The lowest BCUT2D eigenvalue weighted by Gasteiger charge is -2.29. The molecular formula is C34H44N6O5. The number of rotatable bonds is 3. The molecule has 11 nitrogen and oxygen atoms in total. The minimum Gasteiger partial charge on any atom is -0.496 e. The molecule has 3 aromatic rings. The van der Waals surface area contributed by atoms with E-state index in [-0.39, 0.29) is 17.7 Å². The van der Waals surface area contributed by atoms with E-state index in [2.05, 4.69) is 40.2 Å². The topological polar surface area (TPSA) is 111 Å². The zero-order valence-corrected chi connectivity index (χ0v) is 26.6. The largest absolute Gasteiger partial charge is 0.496 e. The lowest BCUT2D eigenvalue weighted by atomic mass is 9.96. The number of carbonyl (C=O) groups excluding carboxylic acids is 2. The fourth-order valence-corrected chi connectivity index (χ4v) is 6.49. The fraction of sp³-hybridized carbons (Fsp3) is 0.529. The van der Waals surface area contributed by atoms with E-state index in [1.165, 1.54) is 0 Å². The van der Waals surface area contributed by atoms with Gasteiger partial charge in [0.25, 0.3) is 5.91 Å². The highest BCUT2D eigenvalue weighted by atomic mass is 16.5. The van der Waals surface area contributed by atoms with Crippen LogP contribution in [0.1, 0.15) is 61.3 Å². The number of aromatic nitrogens is 3. The molecular weight excluding hydrogens is 572 g/mol. The third-order valence-electron chi connectivity index (χ3n) is 9.08. The maximum atomic E-state index is 13.8. The molecule has 45 heavy (non-hydrogen) atoms. The normalized spacial score (nSPS) is 19.7. The van der Waals surface area contributed by atoms with E-state index in [0.29, 0.717) is 75.3 Å². The number of methoxy groups -OCH3 is 1. The first-order chi connectivity index (χ1) is 21.9. The molecule has 0 saturated carbocycles. The van der Waals surface area contributed by atoms with Gasteiger partial charge in [-0.25, -0.2) is 4.98 Å². The second kappa shape index (κ2) is 13.9. The van der Waals surface area contributed by atoms with Crippen LogP contribution in [0.25, 0.3) is 11.1 Å². The first-order valence-electron chi connectivity index (χ1n) is 16.2. The van der Waals surface area contributed by atoms with Crippen molar-refractivity contribution < 1.29 is 23.8 Å². The van der Waals surface area contributed by atoms with Gasteiger partial charge in [-0.2, -0.15) is 5.10 Å². The van der Waals surface area contributed by atoms with E-state index in [1.807, 2.05) is 27.8 Å². The SMILES string of the molecule is COc1ccc2cc1-c1cc3c(c(c1)OCCCN(C(=O)C1CCn4ncnc4C1)CCCCNC2=O)OCCN(C(C)C)C3. The lowest BCUT2D eigenvalue weighted by Crippen LogP contribution is -2.41. The van der Waals surface area contributed by atoms with Crippen LogP contribution < -0.4 is 19.5 Å². The molecule has 0 spiro atoms. The number of benzene rings is 2. The monoisotopic (exact) mass is 616 g/mol. The highest BCUT2D eigenvalue weighted by Crippen LogP contribution is 2.41. The maximum absolute atomic E-state index is 13.8. The van der Waals surface area contributed by atoms with Crippen molar-refractivity contribution in [3.05, 3.63) is 53.6 Å². The van der Waals surface area contributed by atoms with Crippen LogP contribution >= 0.6 is 0 Å². The van der Waals surface area contributed by atoms with Crippen molar-refractivity contribution in [2.24, 2.45) is 5.92 Å². The quantitative estimate of drug-likeness (QED) is 0.471. The molecule has 1 atom stereocenters. The van der Waals surface area contributed by atoms with Crippen LogP contribution in [0, 0.1) is 5.92 Å². The van der Waals surface area contributed by atoms with E-state index >= 15 is 0 Å². The Morgan fingerprint density at radius 3 is 2.73 bits per heavy atom. The van der Waals surface area contributed by atoms with Crippen LogP contribution in [-0.4, -0.2) is 88.9 Å². The molecule has 0 aliphatic carbocycles. The molecule has 6 rings (SSSR count). The number of nitrogens with zero attached hydrogens (tertiary/aromatic N) is 5. The molecule has 2 aromatic carbocycles. The number of nitrogens with one attached hydrogen (secondary N) is 1. The summed E-state index contributed by atoms with van der Waals surface area (Å²) in [4.78, 5) is 35.7.